The standard InChI is InChI=1S/C28H21NO4/c1-31-21-12-14-25-23(16-21)27(28(30)33-20-10-6-3-7-11-20)24-17-22(13-15-26(24)29-25)32-18-19-8-4-2-5-9-19/h2-17H,18H2,1H3. The second-order valence-corrected chi connectivity index (χ2v) is 7.53. The third kappa shape index (κ3) is 4.34. The number of pyridine rings is 1. The molecule has 0 amide bonds. The largest absolute Gasteiger partial charge is 0.497 e. The normalized spacial score (nSPS) is 10.8. The third-order valence-corrected chi connectivity index (χ3v) is 5.36. The molecule has 5 nitrogen and oxygen atoms in total. The Bertz CT molecular complexity index is 1430. The van der Waals surface area contributed by atoms with Gasteiger partial charge in [0.15, 0.2) is 0 Å². The summed E-state index contributed by atoms with van der Waals surface area (Å²) in [4.78, 5) is 18.1. The minimum atomic E-state index is -0.466. The predicted octanol–water partition coefficient (Wildman–Crippen LogP) is 6.19. The Morgan fingerprint density at radius 2 is 1.33 bits per heavy atom. The molecule has 0 aliphatic heterocycles. The van der Waals surface area contributed by atoms with Crippen LogP contribution in [-0.4, -0.2) is 18.1 Å². The summed E-state index contributed by atoms with van der Waals surface area (Å²) >= 11 is 0. The molecule has 0 saturated carbocycles. The van der Waals surface area contributed by atoms with E-state index in [9.17, 15) is 4.79 Å². The Morgan fingerprint density at radius 1 is 0.727 bits per heavy atom. The first-order chi connectivity index (χ1) is 16.2. The average Bonchev–Trinajstić information content (AvgIpc) is 2.86. The molecule has 0 aliphatic carbocycles. The lowest BCUT2D eigenvalue weighted by Gasteiger charge is -2.13. The molecule has 162 valence electrons. The summed E-state index contributed by atoms with van der Waals surface area (Å²) in [6.07, 6.45) is 0. The monoisotopic (exact) mass is 435 g/mol. The van der Waals surface area contributed by atoms with Gasteiger partial charge in [-0.05, 0) is 54.1 Å². The topological polar surface area (TPSA) is 57.7 Å². The van der Waals surface area contributed by atoms with Crippen molar-refractivity contribution < 1.29 is 19.0 Å². The van der Waals surface area contributed by atoms with Gasteiger partial charge in [0.05, 0.1) is 23.7 Å². The molecule has 33 heavy (non-hydrogen) atoms. The Morgan fingerprint density at radius 3 is 2.00 bits per heavy atom. The molecule has 0 bridgehead atoms. The molecule has 5 aromatic rings. The zero-order valence-corrected chi connectivity index (χ0v) is 18.0. The van der Waals surface area contributed by atoms with Crippen molar-refractivity contribution in [3.63, 3.8) is 0 Å². The summed E-state index contributed by atoms with van der Waals surface area (Å²) in [5.41, 5.74) is 2.84. The number of hydrogen-bond acceptors (Lipinski definition) is 5. The molecule has 0 radical (unpaired) electrons. The second kappa shape index (κ2) is 9.01. The zero-order valence-electron chi connectivity index (χ0n) is 18.0. The molecule has 0 N–H and O–H groups in total. The number of methoxy groups -OCH3 is 1. The number of carbonyl (C=O) groups excluding carboxylic acids is 1. The SMILES string of the molecule is COc1ccc2nc3ccc(OCc4ccccc4)cc3c(C(=O)Oc3ccccc3)c2c1. The van der Waals surface area contributed by atoms with Gasteiger partial charge in [0, 0.05) is 10.8 Å². The first-order valence-corrected chi connectivity index (χ1v) is 10.6. The molecular weight excluding hydrogens is 414 g/mol. The summed E-state index contributed by atoms with van der Waals surface area (Å²) in [5.74, 6) is 1.28. The van der Waals surface area contributed by atoms with Gasteiger partial charge in [0.25, 0.3) is 0 Å². The number of esters is 1. The summed E-state index contributed by atoms with van der Waals surface area (Å²) in [5, 5.41) is 1.31. The van der Waals surface area contributed by atoms with Crippen molar-refractivity contribution in [1.29, 1.82) is 0 Å². The lowest BCUT2D eigenvalue weighted by atomic mass is 10.0. The molecule has 1 aromatic heterocycles. The van der Waals surface area contributed by atoms with E-state index in [0.29, 0.717) is 51.2 Å². The Balaban J connectivity index is 1.62. The first-order valence-electron chi connectivity index (χ1n) is 10.6. The number of hydrogen-bond donors (Lipinski definition) is 0. The molecular formula is C28H21NO4. The van der Waals surface area contributed by atoms with E-state index >= 15 is 0 Å². The van der Waals surface area contributed by atoms with Crippen LogP contribution in [0, 0.1) is 0 Å². The average molecular weight is 435 g/mol. The van der Waals surface area contributed by atoms with Crippen LogP contribution in [0.1, 0.15) is 15.9 Å². The Labute approximate surface area is 191 Å². The predicted molar refractivity (Wildman–Crippen MR) is 128 cm³/mol. The first kappa shape index (κ1) is 20.5. The second-order valence-electron chi connectivity index (χ2n) is 7.53. The van der Waals surface area contributed by atoms with Gasteiger partial charge < -0.3 is 14.2 Å². The highest BCUT2D eigenvalue weighted by atomic mass is 16.5. The van der Waals surface area contributed by atoms with Gasteiger partial charge in [-0.15, -0.1) is 0 Å². The van der Waals surface area contributed by atoms with Crippen molar-refractivity contribution in [1.82, 2.24) is 4.98 Å². The van der Waals surface area contributed by atoms with E-state index in [4.69, 9.17) is 19.2 Å². The Hall–Kier alpha value is -4.38. The highest BCUT2D eigenvalue weighted by Crippen LogP contribution is 2.32. The number of nitrogens with zero attached hydrogens (tertiary/aromatic N) is 1. The van der Waals surface area contributed by atoms with Crippen LogP contribution in [0.4, 0.5) is 0 Å². The quantitative estimate of drug-likeness (QED) is 0.181. The molecule has 0 fully saturated rings. The van der Waals surface area contributed by atoms with Gasteiger partial charge in [-0.2, -0.15) is 0 Å². The van der Waals surface area contributed by atoms with Gasteiger partial charge in [-0.3, -0.25) is 0 Å². The van der Waals surface area contributed by atoms with Gasteiger partial charge in [-0.1, -0.05) is 48.5 Å². The van der Waals surface area contributed by atoms with E-state index in [-0.39, 0.29) is 0 Å². The summed E-state index contributed by atoms with van der Waals surface area (Å²) < 4.78 is 17.1. The molecule has 0 atom stereocenters. The maximum atomic E-state index is 13.4. The minimum absolute atomic E-state index is 0.419. The van der Waals surface area contributed by atoms with Crippen LogP contribution in [0.5, 0.6) is 17.2 Å². The van der Waals surface area contributed by atoms with E-state index in [2.05, 4.69) is 0 Å². The van der Waals surface area contributed by atoms with Crippen LogP contribution in [0.15, 0.2) is 97.1 Å². The Kier molecular flexibility index (Phi) is 5.60. The molecule has 1 heterocycles. The minimum Gasteiger partial charge on any atom is -0.497 e. The van der Waals surface area contributed by atoms with Crippen molar-refractivity contribution in [3.8, 4) is 17.2 Å². The van der Waals surface area contributed by atoms with Gasteiger partial charge in [-0.25, -0.2) is 9.78 Å². The zero-order chi connectivity index (χ0) is 22.6. The fourth-order valence-corrected chi connectivity index (χ4v) is 3.72. The van der Waals surface area contributed by atoms with Crippen molar-refractivity contribution in [3.05, 3.63) is 108 Å². The lowest BCUT2D eigenvalue weighted by Crippen LogP contribution is -2.11. The van der Waals surface area contributed by atoms with Crippen molar-refractivity contribution >= 4 is 27.8 Å². The molecule has 5 heteroatoms. The fraction of sp³-hybridized carbons (Fsp3) is 0.0714. The van der Waals surface area contributed by atoms with Crippen LogP contribution >= 0.6 is 0 Å². The number of carbonyl (C=O) groups is 1. The van der Waals surface area contributed by atoms with Crippen molar-refractivity contribution in [2.75, 3.05) is 7.11 Å². The fourth-order valence-electron chi connectivity index (χ4n) is 3.72. The molecule has 5 rings (SSSR count). The number of fused-ring (bicyclic) bond motifs is 2. The number of rotatable bonds is 6. The summed E-state index contributed by atoms with van der Waals surface area (Å²) in [7, 11) is 1.59. The highest BCUT2D eigenvalue weighted by molar-refractivity contribution is 6.15. The van der Waals surface area contributed by atoms with Gasteiger partial charge in [0.1, 0.15) is 23.9 Å². The van der Waals surface area contributed by atoms with Crippen LogP contribution in [0.2, 0.25) is 0 Å². The van der Waals surface area contributed by atoms with Crippen LogP contribution in [0.3, 0.4) is 0 Å². The van der Waals surface area contributed by atoms with E-state index in [1.807, 2.05) is 78.9 Å². The van der Waals surface area contributed by atoms with E-state index in [0.717, 1.165) is 5.56 Å². The molecule has 0 unspecified atom stereocenters. The number of aromatic nitrogens is 1. The van der Waals surface area contributed by atoms with Crippen molar-refractivity contribution in [2.24, 2.45) is 0 Å². The number of para-hydroxylation sites is 1. The molecule has 0 aliphatic rings. The lowest BCUT2D eigenvalue weighted by molar-refractivity contribution is 0.0739. The van der Waals surface area contributed by atoms with Gasteiger partial charge in [0.2, 0.25) is 0 Å². The van der Waals surface area contributed by atoms with E-state index in [1.165, 1.54) is 0 Å². The number of benzene rings is 4. The molecule has 4 aromatic carbocycles. The summed E-state index contributed by atoms with van der Waals surface area (Å²) in [6.45, 7) is 0.422. The van der Waals surface area contributed by atoms with Crippen LogP contribution in [-0.2, 0) is 6.61 Å². The summed E-state index contributed by atoms with van der Waals surface area (Å²) in [6, 6.07) is 30.0. The van der Waals surface area contributed by atoms with Gasteiger partial charge >= 0.3 is 5.97 Å². The molecule has 0 spiro atoms. The maximum absolute atomic E-state index is 13.4. The highest BCUT2D eigenvalue weighted by Gasteiger charge is 2.19. The maximum Gasteiger partial charge on any atom is 0.344 e. The van der Waals surface area contributed by atoms with Crippen LogP contribution in [0.25, 0.3) is 21.8 Å². The van der Waals surface area contributed by atoms with Crippen LogP contribution < -0.4 is 14.2 Å². The smallest absolute Gasteiger partial charge is 0.344 e. The molecule has 0 saturated heterocycles. The third-order valence-electron chi connectivity index (χ3n) is 5.36. The van der Waals surface area contributed by atoms with E-state index in [1.54, 1.807) is 25.3 Å². The van der Waals surface area contributed by atoms with Crippen molar-refractivity contribution in [2.45, 2.75) is 6.61 Å². The number of ether oxygens (including phenoxy) is 3. The van der Waals surface area contributed by atoms with E-state index < -0.39 is 5.97 Å².